The first-order valence-electron chi connectivity index (χ1n) is 12.2. The number of aliphatic hydroxyl groups is 1. The van der Waals surface area contributed by atoms with Crippen LogP contribution < -0.4 is 21.9 Å². The van der Waals surface area contributed by atoms with Gasteiger partial charge in [-0.2, -0.15) is 4.98 Å². The maximum Gasteiger partial charge on any atom is 0.328 e. The molecule has 12 nitrogen and oxygen atoms in total. The first kappa shape index (κ1) is 27.8. The quantitative estimate of drug-likeness (QED) is 0.122. The number of hydrogen-bond donors (Lipinski definition) is 6. The number of aryl methyl sites for hydroxylation is 2. The van der Waals surface area contributed by atoms with E-state index in [-0.39, 0.29) is 37.7 Å². The van der Waals surface area contributed by atoms with E-state index in [0.717, 1.165) is 11.1 Å². The van der Waals surface area contributed by atoms with Crippen LogP contribution in [0, 0.1) is 0 Å². The Balaban J connectivity index is 1.54. The zero-order valence-corrected chi connectivity index (χ0v) is 20.8. The van der Waals surface area contributed by atoms with Gasteiger partial charge in [-0.25, -0.2) is 4.79 Å². The van der Waals surface area contributed by atoms with Crippen molar-refractivity contribution in [3.8, 4) is 0 Å². The third-order valence-corrected chi connectivity index (χ3v) is 5.75. The van der Waals surface area contributed by atoms with Crippen molar-refractivity contribution in [1.29, 1.82) is 0 Å². The number of carbonyl (C=O) groups excluding carboxylic acids is 2. The summed E-state index contributed by atoms with van der Waals surface area (Å²) in [7, 11) is 1.81. The molecule has 0 saturated carbocycles. The molecule has 0 aliphatic rings. The van der Waals surface area contributed by atoms with E-state index in [2.05, 4.69) is 25.6 Å². The van der Waals surface area contributed by atoms with Gasteiger partial charge in [-0.1, -0.05) is 12.1 Å². The number of nitrogen functional groups attached to an aromatic ring is 1. The van der Waals surface area contributed by atoms with Crippen molar-refractivity contribution >= 4 is 28.9 Å². The molecule has 12 heteroatoms. The third kappa shape index (κ3) is 8.13. The molecule has 3 aromatic rings. The van der Waals surface area contributed by atoms with Crippen molar-refractivity contribution in [2.24, 2.45) is 0 Å². The van der Waals surface area contributed by atoms with Crippen LogP contribution in [0.4, 0.5) is 5.95 Å². The smallest absolute Gasteiger partial charge is 0.328 e. The van der Waals surface area contributed by atoms with E-state index >= 15 is 0 Å². The van der Waals surface area contributed by atoms with Crippen LogP contribution in [0.25, 0.3) is 11.0 Å². The number of H-pyrrole nitrogens is 2. The molecule has 0 aliphatic heterocycles. The third-order valence-electron chi connectivity index (χ3n) is 5.75. The molecule has 0 fully saturated rings. The van der Waals surface area contributed by atoms with Gasteiger partial charge in [-0.3, -0.25) is 14.6 Å². The summed E-state index contributed by atoms with van der Waals surface area (Å²) in [6.07, 6.45) is 3.57. The highest BCUT2D eigenvalue weighted by atomic mass is 16.6. The Labute approximate surface area is 214 Å². The zero-order valence-electron chi connectivity index (χ0n) is 20.8. The number of esters is 1. The Bertz CT molecular complexity index is 1220. The van der Waals surface area contributed by atoms with Crippen molar-refractivity contribution in [3.05, 3.63) is 57.5 Å². The Hall–Kier alpha value is -3.74. The molecule has 2 aromatic heterocycles. The van der Waals surface area contributed by atoms with E-state index in [1.807, 2.05) is 19.2 Å². The Kier molecular flexibility index (Phi) is 10.6. The number of hydrogen-bond acceptors (Lipinski definition) is 9. The number of anilines is 1. The average molecular weight is 515 g/mol. The fourth-order valence-electron chi connectivity index (χ4n) is 3.78. The van der Waals surface area contributed by atoms with Gasteiger partial charge in [0, 0.05) is 24.9 Å². The lowest BCUT2D eigenvalue weighted by atomic mass is 10.0. The van der Waals surface area contributed by atoms with Gasteiger partial charge in [0.2, 0.25) is 5.95 Å². The molecule has 0 saturated heterocycles. The molecule has 1 atom stereocenters. The lowest BCUT2D eigenvalue weighted by Crippen LogP contribution is -2.42. The van der Waals surface area contributed by atoms with Crippen LogP contribution in [0.1, 0.15) is 34.3 Å². The Morgan fingerprint density at radius 1 is 1.16 bits per heavy atom. The van der Waals surface area contributed by atoms with Gasteiger partial charge < -0.3 is 35.9 Å². The molecule has 2 heterocycles. The first-order chi connectivity index (χ1) is 17.9. The summed E-state index contributed by atoms with van der Waals surface area (Å²) in [5.74, 6) is -0.926. The van der Waals surface area contributed by atoms with Crippen molar-refractivity contribution in [3.63, 3.8) is 0 Å². The van der Waals surface area contributed by atoms with Crippen LogP contribution in [-0.2, 0) is 27.1 Å². The molecular weight excluding hydrogens is 480 g/mol. The summed E-state index contributed by atoms with van der Waals surface area (Å²) >= 11 is 0. The van der Waals surface area contributed by atoms with Gasteiger partial charge >= 0.3 is 5.97 Å². The van der Waals surface area contributed by atoms with Crippen LogP contribution in [0.15, 0.2) is 35.3 Å². The highest BCUT2D eigenvalue weighted by Crippen LogP contribution is 2.16. The SMILES string of the molecule is CNCCOCCOC(=O)C(CCCO)NC(=O)c1ccc(CCc2c[nH]c3nc(N)[nH]c(=O)c23)cc1. The molecule has 0 spiro atoms. The predicted molar refractivity (Wildman–Crippen MR) is 138 cm³/mol. The van der Waals surface area contributed by atoms with E-state index in [4.69, 9.17) is 20.3 Å². The second-order valence-corrected chi connectivity index (χ2v) is 8.46. The van der Waals surface area contributed by atoms with Crippen molar-refractivity contribution in [2.45, 2.75) is 31.7 Å². The molecule has 1 amide bonds. The van der Waals surface area contributed by atoms with Gasteiger partial charge in [0.05, 0.1) is 18.6 Å². The molecule has 37 heavy (non-hydrogen) atoms. The van der Waals surface area contributed by atoms with Crippen LogP contribution in [0.3, 0.4) is 0 Å². The number of nitrogens with one attached hydrogen (secondary N) is 4. The Morgan fingerprint density at radius 2 is 1.95 bits per heavy atom. The van der Waals surface area contributed by atoms with Gasteiger partial charge in [-0.05, 0) is 56.0 Å². The minimum atomic E-state index is -0.876. The van der Waals surface area contributed by atoms with Gasteiger partial charge in [0.25, 0.3) is 11.5 Å². The van der Waals surface area contributed by atoms with Gasteiger partial charge in [0.1, 0.15) is 18.3 Å². The first-order valence-corrected chi connectivity index (χ1v) is 12.2. The molecule has 0 aliphatic carbocycles. The standard InChI is InChI=1S/C25H34N6O6/c1-27-10-12-36-13-14-37-24(35)19(3-2-11-32)29-22(33)17-7-4-16(5-8-17)6-9-18-15-28-21-20(18)23(34)31-25(26)30-21/h4-5,7-8,15,19,27,32H,2-3,6,9-14H2,1H3,(H,29,33)(H4,26,28,30,31,34). The maximum atomic E-state index is 12.8. The number of carbonyl (C=O) groups is 2. The fourth-order valence-corrected chi connectivity index (χ4v) is 3.78. The maximum absolute atomic E-state index is 12.8. The fraction of sp³-hybridized carbons (Fsp3) is 0.440. The van der Waals surface area contributed by atoms with E-state index in [9.17, 15) is 14.4 Å². The molecule has 7 N–H and O–H groups in total. The van der Waals surface area contributed by atoms with Gasteiger partial charge in [0.15, 0.2) is 0 Å². The number of nitrogens with two attached hydrogens (primary N) is 1. The summed E-state index contributed by atoms with van der Waals surface area (Å²) in [6, 6.07) is 6.14. The number of benzene rings is 1. The molecule has 0 radical (unpaired) electrons. The number of aromatic amines is 2. The summed E-state index contributed by atoms with van der Waals surface area (Å²) in [6.45, 7) is 1.42. The molecule has 200 valence electrons. The second kappa shape index (κ2) is 14.1. The number of aliphatic hydroxyl groups excluding tert-OH is 1. The summed E-state index contributed by atoms with van der Waals surface area (Å²) in [4.78, 5) is 47.0. The lowest BCUT2D eigenvalue weighted by molar-refractivity contribution is -0.147. The second-order valence-electron chi connectivity index (χ2n) is 8.46. The number of rotatable bonds is 15. The predicted octanol–water partition coefficient (Wildman–Crippen LogP) is 0.269. The van der Waals surface area contributed by atoms with Crippen molar-refractivity contribution in [2.75, 3.05) is 45.8 Å². The molecule has 0 bridgehead atoms. The number of nitrogens with zero attached hydrogens (tertiary/aromatic N) is 1. The summed E-state index contributed by atoms with van der Waals surface area (Å²) < 4.78 is 10.6. The number of amides is 1. The van der Waals surface area contributed by atoms with E-state index < -0.39 is 17.9 Å². The van der Waals surface area contributed by atoms with E-state index in [1.54, 1.807) is 18.3 Å². The van der Waals surface area contributed by atoms with Crippen molar-refractivity contribution in [1.82, 2.24) is 25.6 Å². The Morgan fingerprint density at radius 3 is 2.68 bits per heavy atom. The largest absolute Gasteiger partial charge is 0.462 e. The highest BCUT2D eigenvalue weighted by Gasteiger charge is 2.22. The number of fused-ring (bicyclic) bond motifs is 1. The lowest BCUT2D eigenvalue weighted by Gasteiger charge is -2.17. The minimum Gasteiger partial charge on any atom is -0.462 e. The minimum absolute atomic E-state index is 0.0563. The topological polar surface area (TPSA) is 184 Å². The normalized spacial score (nSPS) is 11.9. The highest BCUT2D eigenvalue weighted by molar-refractivity contribution is 5.96. The van der Waals surface area contributed by atoms with Crippen LogP contribution in [0.5, 0.6) is 0 Å². The van der Waals surface area contributed by atoms with Gasteiger partial charge in [-0.15, -0.1) is 0 Å². The molecule has 1 unspecified atom stereocenters. The van der Waals surface area contributed by atoms with Crippen LogP contribution in [-0.4, -0.2) is 78.0 Å². The van der Waals surface area contributed by atoms with Crippen LogP contribution >= 0.6 is 0 Å². The number of ether oxygens (including phenoxy) is 2. The zero-order chi connectivity index (χ0) is 26.6. The molecule has 1 aromatic carbocycles. The van der Waals surface area contributed by atoms with E-state index in [1.165, 1.54) is 0 Å². The molecule has 3 rings (SSSR count). The molecular formula is C25H34N6O6. The summed E-state index contributed by atoms with van der Waals surface area (Å²) in [5, 5.41) is 15.3. The monoisotopic (exact) mass is 514 g/mol. The van der Waals surface area contributed by atoms with Crippen molar-refractivity contribution < 1.29 is 24.2 Å². The average Bonchev–Trinajstić information content (AvgIpc) is 3.30. The number of likely N-dealkylation sites (N-methyl/N-ethyl adjacent to an activating group) is 1. The summed E-state index contributed by atoms with van der Waals surface area (Å²) in [5.41, 5.74) is 7.93. The van der Waals surface area contributed by atoms with Crippen LogP contribution in [0.2, 0.25) is 0 Å². The van der Waals surface area contributed by atoms with E-state index in [0.29, 0.717) is 49.0 Å². The number of aromatic nitrogens is 3.